The molecule has 0 aromatic carbocycles. The monoisotopic (exact) mass is 1230 g/mol. The molecular weight excluding hydrogens is 1150 g/mol. The second kappa shape index (κ2) is 25.4. The Bertz CT molecular complexity index is 2580. The molecule has 3 saturated carbocycles. The van der Waals surface area contributed by atoms with Gasteiger partial charge < -0.3 is 108 Å². The van der Waals surface area contributed by atoms with Crippen LogP contribution >= 0.6 is 0 Å². The van der Waals surface area contributed by atoms with Crippen LogP contribution in [0.2, 0.25) is 0 Å². The van der Waals surface area contributed by atoms with Gasteiger partial charge in [-0.05, 0) is 87.2 Å². The second-order valence-electron chi connectivity index (χ2n) is 25.4. The first-order valence-corrected chi connectivity index (χ1v) is 29.6. The number of ether oxygens (including phenoxy) is 11. The fraction of sp³-hybridized carbons (Fsp3) is 0.855. The Balaban J connectivity index is 0.00000920. The number of carbonyl (C=O) groups excluding carboxylic acids is 2. The topological polar surface area (TPSA) is 404 Å². The summed E-state index contributed by atoms with van der Waals surface area (Å²) in [4.78, 5) is 27.4. The van der Waals surface area contributed by atoms with Gasteiger partial charge in [0.1, 0.15) is 97.2 Å². The van der Waals surface area contributed by atoms with Crippen LogP contribution in [0.5, 0.6) is 0 Å². The molecule has 8 fully saturated rings. The summed E-state index contributed by atoms with van der Waals surface area (Å²) in [5.74, 6) is -1.95. The number of methoxy groups -OCH3 is 1. The number of hydrogen-bond donors (Lipinski definition) is 10. The third kappa shape index (κ3) is 11.9. The molecule has 9 rings (SSSR count). The molecule has 5 saturated heterocycles. The largest absolute Gasteiger partial charge is 1.00 e. The Morgan fingerprint density at radius 1 is 0.738 bits per heavy atom. The van der Waals surface area contributed by atoms with Gasteiger partial charge >= 0.3 is 41.5 Å². The van der Waals surface area contributed by atoms with E-state index >= 15 is 0 Å². The zero-order chi connectivity index (χ0) is 60.8. The minimum atomic E-state index is -5.48. The van der Waals surface area contributed by atoms with Gasteiger partial charge in [0.05, 0.1) is 49.6 Å². The molecule has 9 aliphatic rings. The molecule has 1 spiro atoms. The van der Waals surface area contributed by atoms with Gasteiger partial charge in [-0.3, -0.25) is 13.8 Å². The summed E-state index contributed by atoms with van der Waals surface area (Å²) >= 11 is 0. The predicted octanol–water partition coefficient (Wildman–Crippen LogP) is -4.08. The molecule has 472 valence electrons. The molecule has 10 N–H and O–H groups in total. The SMILES string of the molecule is CO[C@@H]1[C@@H](O)[C@H](O[C@@H]2[C@@H](O)[C@H](O[C@H]3[C@H](O)[C@@H](O)[C@H](O[C@H]4[C@H](O[C@H]5CC[C@]6(C)[C@H]7CC[C@]89C(=O)O[C@@](C)(/C=C\C=C(C)C)[C@H]8[C@@H](OC(C)=O)C[C@@]9(C)C7=C(O)C[C@H]6C5(C)C)OC[C@@H](OS(=O)(=O)[O-])[C@@H]4O)O[C@@H]3CO)OC[C@H]2O)O[C@H](CO)[C@H]1O.[Na+]. The van der Waals surface area contributed by atoms with Gasteiger partial charge in [-0.1, -0.05) is 45.4 Å². The molecular formula is C55H83NaO27S. The van der Waals surface area contributed by atoms with Crippen molar-refractivity contribution >= 4 is 22.3 Å². The van der Waals surface area contributed by atoms with Gasteiger partial charge in [0.15, 0.2) is 25.2 Å². The average Bonchev–Trinajstić information content (AvgIpc) is 1.44. The summed E-state index contributed by atoms with van der Waals surface area (Å²) in [6.07, 6.45) is -25.2. The fourth-order valence-corrected chi connectivity index (χ4v) is 16.5. The molecule has 0 aromatic rings. The standard InChI is InChI=1S/C55H84O27S.Na/c1-23(2)11-10-14-54(8)45-28(74-24(3)58)18-53(7)34-25(12-16-55(45,53)50(67)81-54)52(6)15-13-33(51(4,5)32(52)17-26(34)59)77-49-44(36(62)31(22-73-49)82-83(68,69)70)80-47-38(64)37(63)42(30(20-57)76-47)79-46-39(65)41(27(60)21-72-46)78-48-40(66)43(71-9)35(61)29(19-56)75-48;/h10-11,14,25,27-33,35-49,56-57,59-66H,12-13,15-22H2,1-9H3,(H,68,69,70);/q;+1/p-1/b14-10-;/t25-,27+,28-,29+,30+,31+,32-,33-,35+,36-,37+,38+,39+,40+,41-,42+,43-,44+,45+,46-,47-,48-,49-,52+,53-,54-,55+;/m0./s1. The van der Waals surface area contributed by atoms with Crippen LogP contribution in [0.1, 0.15) is 93.9 Å². The molecule has 0 radical (unpaired) electrons. The van der Waals surface area contributed by atoms with Crippen LogP contribution in [0, 0.1) is 39.4 Å². The van der Waals surface area contributed by atoms with Crippen LogP contribution in [-0.4, -0.2) is 238 Å². The number of fused-ring (bicyclic) bond motifs is 4. The van der Waals surface area contributed by atoms with Crippen molar-refractivity contribution in [3.05, 3.63) is 35.1 Å². The molecule has 5 aliphatic heterocycles. The van der Waals surface area contributed by atoms with E-state index in [2.05, 4.69) is 11.1 Å². The summed E-state index contributed by atoms with van der Waals surface area (Å²) in [6, 6.07) is 0. The maximum absolute atomic E-state index is 14.7. The fourth-order valence-electron chi connectivity index (χ4n) is 16.0. The van der Waals surface area contributed by atoms with Crippen molar-refractivity contribution in [2.75, 3.05) is 33.5 Å². The number of rotatable bonds is 16. The van der Waals surface area contributed by atoms with E-state index in [9.17, 15) is 73.6 Å². The van der Waals surface area contributed by atoms with Crippen molar-refractivity contribution in [1.29, 1.82) is 0 Å². The summed E-state index contributed by atoms with van der Waals surface area (Å²) in [5, 5.41) is 112. The van der Waals surface area contributed by atoms with Crippen LogP contribution < -0.4 is 29.6 Å². The molecule has 0 aromatic heterocycles. The number of hydrogen-bond acceptors (Lipinski definition) is 27. The normalized spacial score (nSPS) is 48.3. The number of aliphatic hydroxyl groups excluding tert-OH is 10. The van der Waals surface area contributed by atoms with E-state index in [-0.39, 0.29) is 60.0 Å². The van der Waals surface area contributed by atoms with Gasteiger partial charge in [0.2, 0.25) is 10.4 Å². The quantitative estimate of drug-likeness (QED) is 0.0231. The van der Waals surface area contributed by atoms with Gasteiger partial charge in [0.25, 0.3) is 0 Å². The van der Waals surface area contributed by atoms with E-state index in [1.165, 1.54) is 14.0 Å². The molecule has 0 amide bonds. The maximum atomic E-state index is 14.7. The Morgan fingerprint density at radius 2 is 1.36 bits per heavy atom. The number of aliphatic hydroxyl groups is 10. The predicted molar refractivity (Wildman–Crippen MR) is 277 cm³/mol. The summed E-state index contributed by atoms with van der Waals surface area (Å²) in [5.41, 5.74) is -2.87. The summed E-state index contributed by atoms with van der Waals surface area (Å²) < 4.78 is 105. The van der Waals surface area contributed by atoms with Crippen molar-refractivity contribution in [3.63, 3.8) is 0 Å². The molecule has 27 atom stereocenters. The first-order chi connectivity index (χ1) is 38.8. The number of esters is 2. The van der Waals surface area contributed by atoms with Crippen molar-refractivity contribution < 1.29 is 159 Å². The minimum absolute atomic E-state index is 0. The Kier molecular flexibility index (Phi) is 20.6. The van der Waals surface area contributed by atoms with Crippen LogP contribution in [0.3, 0.4) is 0 Å². The van der Waals surface area contributed by atoms with E-state index < -0.39 is 205 Å². The number of carbonyl (C=O) groups is 2. The Morgan fingerprint density at radius 3 is 1.99 bits per heavy atom. The van der Waals surface area contributed by atoms with Crippen LogP contribution in [0.4, 0.5) is 0 Å². The Hall–Kier alpha value is -1.89. The van der Waals surface area contributed by atoms with E-state index in [1.54, 1.807) is 0 Å². The third-order valence-corrected chi connectivity index (χ3v) is 20.4. The van der Waals surface area contributed by atoms with Crippen molar-refractivity contribution in [2.45, 2.75) is 222 Å². The van der Waals surface area contributed by atoms with Gasteiger partial charge in [-0.25, -0.2) is 8.42 Å². The third-order valence-electron chi connectivity index (χ3n) is 19.9. The molecule has 4 aliphatic carbocycles. The first-order valence-electron chi connectivity index (χ1n) is 28.3. The van der Waals surface area contributed by atoms with Crippen LogP contribution in [0.15, 0.2) is 35.1 Å². The zero-order valence-corrected chi connectivity index (χ0v) is 51.7. The van der Waals surface area contributed by atoms with Gasteiger partial charge in [0, 0.05) is 25.9 Å². The number of cyclic esters (lactones) is 1. The molecule has 27 nitrogen and oxygen atoms in total. The number of allylic oxidation sites excluding steroid dienone is 5. The second-order valence-corrected chi connectivity index (χ2v) is 26.4. The van der Waals surface area contributed by atoms with E-state index in [1.807, 2.05) is 59.8 Å². The van der Waals surface area contributed by atoms with Gasteiger partial charge in [-0.15, -0.1) is 0 Å². The van der Waals surface area contributed by atoms with Crippen molar-refractivity contribution in [3.8, 4) is 0 Å². The molecule has 84 heavy (non-hydrogen) atoms. The van der Waals surface area contributed by atoms with Crippen LogP contribution in [-0.2, 0) is 76.3 Å². The zero-order valence-electron chi connectivity index (χ0n) is 48.9. The van der Waals surface area contributed by atoms with Crippen molar-refractivity contribution in [1.82, 2.24) is 0 Å². The molecule has 0 bridgehead atoms. The summed E-state index contributed by atoms with van der Waals surface area (Å²) in [7, 11) is -4.29. The minimum Gasteiger partial charge on any atom is -0.726 e. The maximum Gasteiger partial charge on any atom is 1.00 e. The van der Waals surface area contributed by atoms with E-state index in [4.69, 9.17) is 52.1 Å². The van der Waals surface area contributed by atoms with Gasteiger partial charge in [-0.2, -0.15) is 0 Å². The Labute approximate surface area is 509 Å². The van der Waals surface area contributed by atoms with E-state index in [0.29, 0.717) is 25.7 Å². The van der Waals surface area contributed by atoms with Crippen molar-refractivity contribution in [2.24, 2.45) is 39.4 Å². The molecule has 5 heterocycles. The van der Waals surface area contributed by atoms with Crippen LogP contribution in [0.25, 0.3) is 0 Å². The molecule has 0 unspecified atom stereocenters. The molecule has 29 heteroatoms. The summed E-state index contributed by atoms with van der Waals surface area (Å²) in [6.45, 7) is 12.1. The van der Waals surface area contributed by atoms with E-state index in [0.717, 1.165) is 11.1 Å². The average molecular weight is 1230 g/mol. The first kappa shape index (κ1) is 68.0. The smallest absolute Gasteiger partial charge is 0.726 e.